The molecule has 4 heteroatoms. The minimum absolute atomic E-state index is 0.0313. The number of hydrogen-bond donors (Lipinski definition) is 1. The Hall–Kier alpha value is -1.50. The molecule has 1 aliphatic rings. The molecule has 1 unspecified atom stereocenters. The summed E-state index contributed by atoms with van der Waals surface area (Å²) in [4.78, 5) is 25.4. The molecule has 1 rings (SSSR count). The zero-order valence-corrected chi connectivity index (χ0v) is 10.4. The molecular formula is C13H20N2O2. The van der Waals surface area contributed by atoms with Crippen LogP contribution in [0.4, 0.5) is 0 Å². The highest BCUT2D eigenvalue weighted by Gasteiger charge is 2.28. The summed E-state index contributed by atoms with van der Waals surface area (Å²) in [5.41, 5.74) is 0. The van der Waals surface area contributed by atoms with Gasteiger partial charge in [0.2, 0.25) is 11.8 Å². The van der Waals surface area contributed by atoms with E-state index in [1.54, 1.807) is 4.90 Å². The van der Waals surface area contributed by atoms with Gasteiger partial charge in [-0.2, -0.15) is 0 Å². The number of amides is 2. The largest absolute Gasteiger partial charge is 0.344 e. The van der Waals surface area contributed by atoms with E-state index in [9.17, 15) is 9.59 Å². The van der Waals surface area contributed by atoms with Crippen LogP contribution in [0.3, 0.4) is 0 Å². The van der Waals surface area contributed by atoms with Gasteiger partial charge in [-0.25, -0.2) is 0 Å². The van der Waals surface area contributed by atoms with E-state index < -0.39 is 0 Å². The lowest BCUT2D eigenvalue weighted by atomic mass is 10.1. The highest BCUT2D eigenvalue weighted by molar-refractivity contribution is 5.89. The van der Waals surface area contributed by atoms with Crippen LogP contribution < -0.4 is 5.32 Å². The van der Waals surface area contributed by atoms with Crippen LogP contribution in [0, 0.1) is 12.3 Å². The highest BCUT2D eigenvalue weighted by Crippen LogP contribution is 2.09. The van der Waals surface area contributed by atoms with E-state index in [4.69, 9.17) is 6.42 Å². The lowest BCUT2D eigenvalue weighted by molar-refractivity contribution is -0.133. The Balaban J connectivity index is 2.60. The normalized spacial score (nSPS) is 20.7. The molecule has 0 bridgehead atoms. The Morgan fingerprint density at radius 2 is 2.29 bits per heavy atom. The summed E-state index contributed by atoms with van der Waals surface area (Å²) in [5, 5.41) is 2.78. The van der Waals surface area contributed by atoms with Crippen LogP contribution in [0.1, 0.15) is 39.0 Å². The molecule has 0 aliphatic carbocycles. The minimum atomic E-state index is -0.346. The molecule has 0 spiro atoms. The van der Waals surface area contributed by atoms with Gasteiger partial charge in [0.15, 0.2) is 0 Å². The first-order valence-corrected chi connectivity index (χ1v) is 6.20. The third kappa shape index (κ3) is 4.10. The van der Waals surface area contributed by atoms with Gasteiger partial charge >= 0.3 is 0 Å². The molecular weight excluding hydrogens is 216 g/mol. The third-order valence-electron chi connectivity index (χ3n) is 2.88. The lowest BCUT2D eigenvalue weighted by Gasteiger charge is -2.23. The molecule has 1 atom stereocenters. The second-order valence-electron chi connectivity index (χ2n) is 4.29. The van der Waals surface area contributed by atoms with Crippen LogP contribution in [-0.4, -0.2) is 35.8 Å². The summed E-state index contributed by atoms with van der Waals surface area (Å²) in [7, 11) is 0. The fourth-order valence-electron chi connectivity index (χ4n) is 1.97. The maximum Gasteiger partial charge on any atom is 0.245 e. The molecule has 1 aliphatic heterocycles. The van der Waals surface area contributed by atoms with Gasteiger partial charge in [0.25, 0.3) is 0 Å². The first-order chi connectivity index (χ1) is 8.19. The number of carbonyl (C=O) groups excluding carboxylic acids is 2. The Morgan fingerprint density at radius 3 is 2.94 bits per heavy atom. The quantitative estimate of drug-likeness (QED) is 0.570. The van der Waals surface area contributed by atoms with Gasteiger partial charge in [0, 0.05) is 25.9 Å². The summed E-state index contributed by atoms with van der Waals surface area (Å²) in [6.07, 6.45) is 8.64. The minimum Gasteiger partial charge on any atom is -0.344 e. The zero-order chi connectivity index (χ0) is 12.7. The van der Waals surface area contributed by atoms with Gasteiger partial charge in [-0.15, -0.1) is 12.3 Å². The van der Waals surface area contributed by atoms with Crippen molar-refractivity contribution in [1.82, 2.24) is 10.2 Å². The van der Waals surface area contributed by atoms with E-state index in [2.05, 4.69) is 11.2 Å². The van der Waals surface area contributed by atoms with E-state index in [1.165, 1.54) is 0 Å². The van der Waals surface area contributed by atoms with Crippen molar-refractivity contribution in [3.63, 3.8) is 0 Å². The average molecular weight is 236 g/mol. The SMILES string of the molecule is C#CCCCN1CCC(=O)NC(CCC)C1=O. The van der Waals surface area contributed by atoms with Crippen LogP contribution in [0.25, 0.3) is 0 Å². The van der Waals surface area contributed by atoms with Crippen molar-refractivity contribution in [1.29, 1.82) is 0 Å². The molecule has 94 valence electrons. The number of carbonyl (C=O) groups is 2. The van der Waals surface area contributed by atoms with E-state index >= 15 is 0 Å². The first kappa shape index (κ1) is 13.6. The summed E-state index contributed by atoms with van der Waals surface area (Å²) < 4.78 is 0. The molecule has 0 aromatic rings. The summed E-state index contributed by atoms with van der Waals surface area (Å²) in [5.74, 6) is 2.57. The number of hydrogen-bond acceptors (Lipinski definition) is 2. The molecule has 0 aromatic heterocycles. The van der Waals surface area contributed by atoms with Crippen molar-refractivity contribution in [3.8, 4) is 12.3 Å². The maximum absolute atomic E-state index is 12.1. The van der Waals surface area contributed by atoms with Crippen LogP contribution in [0.15, 0.2) is 0 Å². The molecule has 0 radical (unpaired) electrons. The predicted molar refractivity (Wildman–Crippen MR) is 66.1 cm³/mol. The van der Waals surface area contributed by atoms with Gasteiger partial charge in [-0.05, 0) is 12.8 Å². The maximum atomic E-state index is 12.1. The van der Waals surface area contributed by atoms with Gasteiger partial charge in [-0.1, -0.05) is 13.3 Å². The summed E-state index contributed by atoms with van der Waals surface area (Å²) in [6, 6.07) is -0.346. The van der Waals surface area contributed by atoms with Crippen molar-refractivity contribution in [2.24, 2.45) is 0 Å². The van der Waals surface area contributed by atoms with Gasteiger partial charge in [0.1, 0.15) is 6.04 Å². The van der Waals surface area contributed by atoms with Crippen LogP contribution in [0.2, 0.25) is 0 Å². The van der Waals surface area contributed by atoms with Crippen molar-refractivity contribution < 1.29 is 9.59 Å². The number of terminal acetylenes is 1. The Kier molecular flexibility index (Phi) is 5.55. The molecule has 0 saturated carbocycles. The monoisotopic (exact) mass is 236 g/mol. The molecule has 1 fully saturated rings. The molecule has 0 aromatic carbocycles. The van der Waals surface area contributed by atoms with Crippen molar-refractivity contribution >= 4 is 11.8 Å². The second-order valence-corrected chi connectivity index (χ2v) is 4.29. The molecule has 2 amide bonds. The lowest BCUT2D eigenvalue weighted by Crippen LogP contribution is -2.44. The average Bonchev–Trinajstić information content (AvgIpc) is 2.43. The van der Waals surface area contributed by atoms with Crippen LogP contribution >= 0.6 is 0 Å². The Morgan fingerprint density at radius 1 is 1.53 bits per heavy atom. The van der Waals surface area contributed by atoms with E-state index in [0.29, 0.717) is 32.4 Å². The molecule has 17 heavy (non-hydrogen) atoms. The van der Waals surface area contributed by atoms with Gasteiger partial charge in [-0.3, -0.25) is 9.59 Å². The van der Waals surface area contributed by atoms with E-state index in [0.717, 1.165) is 12.8 Å². The van der Waals surface area contributed by atoms with Crippen LogP contribution in [-0.2, 0) is 9.59 Å². The number of nitrogens with one attached hydrogen (secondary N) is 1. The second kappa shape index (κ2) is 6.95. The number of rotatable bonds is 5. The fourth-order valence-corrected chi connectivity index (χ4v) is 1.97. The van der Waals surface area contributed by atoms with Crippen molar-refractivity contribution in [3.05, 3.63) is 0 Å². The molecule has 1 saturated heterocycles. The number of nitrogens with zero attached hydrogens (tertiary/aromatic N) is 1. The molecule has 1 heterocycles. The van der Waals surface area contributed by atoms with Gasteiger partial charge in [0.05, 0.1) is 0 Å². The van der Waals surface area contributed by atoms with Crippen molar-refractivity contribution in [2.45, 2.75) is 45.1 Å². The Bertz CT molecular complexity index is 320. The molecule has 1 N–H and O–H groups in total. The molecule has 4 nitrogen and oxygen atoms in total. The van der Waals surface area contributed by atoms with Crippen LogP contribution in [0.5, 0.6) is 0 Å². The Labute approximate surface area is 103 Å². The highest BCUT2D eigenvalue weighted by atomic mass is 16.2. The number of unbranched alkanes of at least 4 members (excludes halogenated alkanes) is 1. The van der Waals surface area contributed by atoms with Crippen molar-refractivity contribution in [2.75, 3.05) is 13.1 Å². The zero-order valence-electron chi connectivity index (χ0n) is 10.4. The standard InChI is InChI=1S/C13H20N2O2/c1-3-5-6-9-15-10-8-12(16)14-11(7-4-2)13(15)17/h1,11H,4-10H2,2H3,(H,14,16). The third-order valence-corrected chi connectivity index (χ3v) is 2.88. The summed E-state index contributed by atoms with van der Waals surface area (Å²) >= 11 is 0. The smallest absolute Gasteiger partial charge is 0.245 e. The van der Waals surface area contributed by atoms with Gasteiger partial charge < -0.3 is 10.2 Å². The van der Waals surface area contributed by atoms with E-state index in [-0.39, 0.29) is 17.9 Å². The first-order valence-electron chi connectivity index (χ1n) is 6.20. The summed E-state index contributed by atoms with van der Waals surface area (Å²) in [6.45, 7) is 3.17. The topological polar surface area (TPSA) is 49.4 Å². The fraction of sp³-hybridized carbons (Fsp3) is 0.692. The van der Waals surface area contributed by atoms with E-state index in [1.807, 2.05) is 6.92 Å². The predicted octanol–water partition coefficient (Wildman–Crippen LogP) is 0.917.